The van der Waals surface area contributed by atoms with Gasteiger partial charge in [0.2, 0.25) is 0 Å². The van der Waals surface area contributed by atoms with Gasteiger partial charge in [-0.05, 0) is 13.3 Å². The first-order chi connectivity index (χ1) is 4.34. The Morgan fingerprint density at radius 3 is 2.67 bits per heavy atom. The van der Waals surface area contributed by atoms with Gasteiger partial charge in [0.05, 0.1) is 0 Å². The number of likely N-dealkylation sites (tertiary alicyclic amines) is 1. The maximum atomic E-state index is 9.81. The zero-order valence-corrected chi connectivity index (χ0v) is 5.54. The van der Waals surface area contributed by atoms with Gasteiger partial charge in [-0.2, -0.15) is 0 Å². The molecule has 3 nitrogen and oxygen atoms in total. The number of nitrogens with zero attached hydrogens (tertiary/aromatic N) is 1. The first-order valence-electron chi connectivity index (χ1n) is 3.18. The number of carbonyl (C=O) groups is 1. The summed E-state index contributed by atoms with van der Waals surface area (Å²) in [6.45, 7) is 4.51. The normalized spacial score (nSPS) is 22.3. The smallest absolute Gasteiger partial charge is 0.294 e. The minimum absolute atomic E-state index is 0.0174. The van der Waals surface area contributed by atoms with Gasteiger partial charge in [0.15, 0.2) is 6.23 Å². The molecule has 0 spiro atoms. The number of hydrogen-bond donors (Lipinski definition) is 0. The Morgan fingerprint density at radius 1 is 1.67 bits per heavy atom. The van der Waals surface area contributed by atoms with E-state index in [1.807, 2.05) is 6.92 Å². The van der Waals surface area contributed by atoms with Gasteiger partial charge in [-0.15, -0.1) is 0 Å². The topological polar surface area (TPSA) is 29.5 Å². The van der Waals surface area contributed by atoms with E-state index >= 15 is 0 Å². The number of rotatable bonds is 3. The van der Waals surface area contributed by atoms with Crippen LogP contribution in [0.15, 0.2) is 0 Å². The quantitative estimate of drug-likeness (QED) is 0.510. The molecule has 0 aromatic heterocycles. The third-order valence-electron chi connectivity index (χ3n) is 1.66. The summed E-state index contributed by atoms with van der Waals surface area (Å²) in [5.41, 5.74) is 0. The molecular weight excluding hydrogens is 118 g/mol. The molecule has 0 bridgehead atoms. The summed E-state index contributed by atoms with van der Waals surface area (Å²) in [7, 11) is 0. The van der Waals surface area contributed by atoms with Crippen molar-refractivity contribution in [2.24, 2.45) is 0 Å². The predicted octanol–water partition coefficient (Wildman–Crippen LogP) is 0.211. The minimum atomic E-state index is -0.0174. The van der Waals surface area contributed by atoms with Crippen molar-refractivity contribution in [3.05, 3.63) is 0 Å². The van der Waals surface area contributed by atoms with Crippen molar-refractivity contribution in [3.63, 3.8) is 0 Å². The van der Waals surface area contributed by atoms with Crippen molar-refractivity contribution >= 4 is 6.47 Å². The molecule has 0 aromatic rings. The Labute approximate surface area is 54.6 Å². The first kappa shape index (κ1) is 6.55. The molecule has 0 amide bonds. The van der Waals surface area contributed by atoms with Crippen LogP contribution < -0.4 is 0 Å². The molecule has 1 aliphatic heterocycles. The van der Waals surface area contributed by atoms with Crippen LogP contribution in [0.3, 0.4) is 0 Å². The molecule has 9 heavy (non-hydrogen) atoms. The fourth-order valence-electron chi connectivity index (χ4n) is 0.871. The lowest BCUT2D eigenvalue weighted by Crippen LogP contribution is -2.44. The second-order valence-electron chi connectivity index (χ2n) is 2.22. The standard InChI is InChI=1S/C6H11NO2/c1-6(9-5-8)7-3-2-4-7/h5-6H,2-4H2,1H3. The molecule has 1 unspecified atom stereocenters. The minimum Gasteiger partial charge on any atom is -0.449 e. The van der Waals surface area contributed by atoms with Crippen molar-refractivity contribution in [1.82, 2.24) is 4.90 Å². The Bertz CT molecular complexity index is 101. The van der Waals surface area contributed by atoms with Gasteiger partial charge < -0.3 is 4.74 Å². The molecule has 1 heterocycles. The fraction of sp³-hybridized carbons (Fsp3) is 0.833. The highest BCUT2D eigenvalue weighted by Crippen LogP contribution is 2.10. The Morgan fingerprint density at radius 2 is 2.33 bits per heavy atom. The van der Waals surface area contributed by atoms with Crippen LogP contribution in [0.1, 0.15) is 13.3 Å². The van der Waals surface area contributed by atoms with E-state index in [1.165, 1.54) is 6.42 Å². The number of hydrogen-bond acceptors (Lipinski definition) is 3. The van der Waals surface area contributed by atoms with Crippen LogP contribution in [0.2, 0.25) is 0 Å². The number of ether oxygens (including phenoxy) is 1. The van der Waals surface area contributed by atoms with Gasteiger partial charge in [0, 0.05) is 13.1 Å². The molecule has 3 heteroatoms. The highest BCUT2D eigenvalue weighted by molar-refractivity contribution is 5.37. The lowest BCUT2D eigenvalue weighted by molar-refractivity contribution is -0.145. The van der Waals surface area contributed by atoms with E-state index < -0.39 is 0 Å². The maximum absolute atomic E-state index is 9.81. The number of carbonyl (C=O) groups excluding carboxylic acids is 1. The maximum Gasteiger partial charge on any atom is 0.294 e. The fourth-order valence-corrected chi connectivity index (χ4v) is 0.871. The summed E-state index contributed by atoms with van der Waals surface area (Å²) in [4.78, 5) is 11.9. The van der Waals surface area contributed by atoms with Gasteiger partial charge in [-0.25, -0.2) is 0 Å². The molecule has 0 aliphatic carbocycles. The second-order valence-corrected chi connectivity index (χ2v) is 2.22. The van der Waals surface area contributed by atoms with E-state index in [1.54, 1.807) is 0 Å². The van der Waals surface area contributed by atoms with E-state index in [4.69, 9.17) is 4.74 Å². The second kappa shape index (κ2) is 2.82. The van der Waals surface area contributed by atoms with Crippen LogP contribution in [0.4, 0.5) is 0 Å². The zero-order chi connectivity index (χ0) is 6.69. The van der Waals surface area contributed by atoms with Gasteiger partial charge in [0.25, 0.3) is 6.47 Å². The molecule has 0 radical (unpaired) electrons. The summed E-state index contributed by atoms with van der Waals surface area (Å²) in [5, 5.41) is 0. The molecule has 0 aromatic carbocycles. The SMILES string of the molecule is CC(OC=O)N1CCC1. The summed E-state index contributed by atoms with van der Waals surface area (Å²) < 4.78 is 4.69. The third kappa shape index (κ3) is 1.42. The lowest BCUT2D eigenvalue weighted by Gasteiger charge is -2.34. The lowest BCUT2D eigenvalue weighted by atomic mass is 10.2. The molecule has 1 aliphatic rings. The Balaban J connectivity index is 2.15. The van der Waals surface area contributed by atoms with Crippen LogP contribution in [-0.2, 0) is 9.53 Å². The average Bonchev–Trinajstić information content (AvgIpc) is 1.60. The zero-order valence-electron chi connectivity index (χ0n) is 5.54. The third-order valence-corrected chi connectivity index (χ3v) is 1.66. The Kier molecular flexibility index (Phi) is 2.05. The van der Waals surface area contributed by atoms with Crippen molar-refractivity contribution in [1.29, 1.82) is 0 Å². The van der Waals surface area contributed by atoms with Gasteiger partial charge in [-0.1, -0.05) is 0 Å². The van der Waals surface area contributed by atoms with E-state index in [0.717, 1.165) is 13.1 Å². The van der Waals surface area contributed by atoms with Crippen LogP contribution in [0.5, 0.6) is 0 Å². The Hall–Kier alpha value is -0.570. The average molecular weight is 129 g/mol. The first-order valence-corrected chi connectivity index (χ1v) is 3.18. The largest absolute Gasteiger partial charge is 0.449 e. The van der Waals surface area contributed by atoms with E-state index in [2.05, 4.69) is 4.90 Å². The summed E-state index contributed by atoms with van der Waals surface area (Å²) >= 11 is 0. The van der Waals surface area contributed by atoms with E-state index in [-0.39, 0.29) is 6.23 Å². The summed E-state index contributed by atoms with van der Waals surface area (Å²) in [6.07, 6.45) is 1.21. The van der Waals surface area contributed by atoms with Gasteiger partial charge >= 0.3 is 0 Å². The summed E-state index contributed by atoms with van der Waals surface area (Å²) in [6, 6.07) is 0. The highest BCUT2D eigenvalue weighted by Gasteiger charge is 2.20. The molecule has 1 fully saturated rings. The molecule has 1 rings (SSSR count). The van der Waals surface area contributed by atoms with Gasteiger partial charge in [0.1, 0.15) is 0 Å². The molecule has 52 valence electrons. The monoisotopic (exact) mass is 129 g/mol. The van der Waals surface area contributed by atoms with Crippen molar-refractivity contribution < 1.29 is 9.53 Å². The van der Waals surface area contributed by atoms with Gasteiger partial charge in [-0.3, -0.25) is 9.69 Å². The van der Waals surface area contributed by atoms with Crippen molar-refractivity contribution in [3.8, 4) is 0 Å². The van der Waals surface area contributed by atoms with E-state index in [9.17, 15) is 4.79 Å². The highest BCUT2D eigenvalue weighted by atomic mass is 16.5. The summed E-state index contributed by atoms with van der Waals surface area (Å²) in [5.74, 6) is 0. The van der Waals surface area contributed by atoms with Crippen LogP contribution >= 0.6 is 0 Å². The molecule has 0 saturated carbocycles. The molecule has 0 N–H and O–H groups in total. The molecule has 1 saturated heterocycles. The van der Waals surface area contributed by atoms with Crippen molar-refractivity contribution in [2.75, 3.05) is 13.1 Å². The molecule has 1 atom stereocenters. The van der Waals surface area contributed by atoms with Crippen LogP contribution in [0, 0.1) is 0 Å². The van der Waals surface area contributed by atoms with Crippen LogP contribution in [0.25, 0.3) is 0 Å². The van der Waals surface area contributed by atoms with Crippen LogP contribution in [-0.4, -0.2) is 30.7 Å². The molecular formula is C6H11NO2. The van der Waals surface area contributed by atoms with E-state index in [0.29, 0.717) is 6.47 Å². The predicted molar refractivity (Wildman–Crippen MR) is 32.8 cm³/mol. The van der Waals surface area contributed by atoms with Crippen molar-refractivity contribution in [2.45, 2.75) is 19.6 Å².